The first kappa shape index (κ1) is 14.2. The lowest BCUT2D eigenvalue weighted by molar-refractivity contribution is 0.977. The molecule has 6 heteroatoms. The number of nitrogens with one attached hydrogen (secondary N) is 2. The van der Waals surface area contributed by atoms with Crippen molar-refractivity contribution in [3.05, 3.63) is 62.5 Å². The fraction of sp³-hybridized carbons (Fsp3) is 0.0714. The van der Waals surface area contributed by atoms with E-state index in [2.05, 4.69) is 36.7 Å². The summed E-state index contributed by atoms with van der Waals surface area (Å²) >= 11 is 3.17. The molecule has 0 fully saturated rings. The summed E-state index contributed by atoms with van der Waals surface area (Å²) in [5.74, 6) is 0. The monoisotopic (exact) mass is 332 g/mol. The molecule has 0 amide bonds. The van der Waals surface area contributed by atoms with Crippen LogP contribution in [0.5, 0.6) is 0 Å². The van der Waals surface area contributed by atoms with E-state index in [1.807, 2.05) is 43.3 Å². The summed E-state index contributed by atoms with van der Waals surface area (Å²) in [6.45, 7) is 1.95. The number of allylic oxidation sites excluding steroid dienone is 1. The molecule has 0 saturated heterocycles. The maximum absolute atomic E-state index is 11.3. The highest BCUT2D eigenvalue weighted by Crippen LogP contribution is 2.14. The Morgan fingerprint density at radius 3 is 2.90 bits per heavy atom. The largest absolute Gasteiger partial charge is 0.280 e. The third kappa shape index (κ3) is 3.89. The van der Waals surface area contributed by atoms with E-state index in [0.717, 1.165) is 11.1 Å². The highest BCUT2D eigenvalue weighted by atomic mass is 79.9. The molecule has 102 valence electrons. The molecule has 2 aromatic rings. The number of halogens is 1. The Hall–Kier alpha value is -2.21. The van der Waals surface area contributed by atoms with E-state index in [1.54, 1.807) is 6.21 Å². The maximum atomic E-state index is 11.3. The molecule has 0 aliphatic carbocycles. The summed E-state index contributed by atoms with van der Waals surface area (Å²) in [4.78, 5) is 11.3. The molecule has 0 radical (unpaired) electrons. The van der Waals surface area contributed by atoms with Crippen LogP contribution in [0.4, 0.5) is 5.69 Å². The van der Waals surface area contributed by atoms with E-state index in [0.29, 0.717) is 10.2 Å². The average molecular weight is 333 g/mol. The number of aromatic amines is 1. The predicted molar refractivity (Wildman–Crippen MR) is 84.8 cm³/mol. The van der Waals surface area contributed by atoms with Gasteiger partial charge in [0.1, 0.15) is 4.47 Å². The van der Waals surface area contributed by atoms with Gasteiger partial charge < -0.3 is 0 Å². The molecular weight excluding hydrogens is 320 g/mol. The molecule has 0 saturated carbocycles. The van der Waals surface area contributed by atoms with Crippen LogP contribution in [0.3, 0.4) is 0 Å². The number of aromatic nitrogens is 2. The van der Waals surface area contributed by atoms with E-state index >= 15 is 0 Å². The molecule has 2 N–H and O–H groups in total. The second-order valence-electron chi connectivity index (χ2n) is 4.10. The lowest BCUT2D eigenvalue weighted by Gasteiger charge is -2.00. The van der Waals surface area contributed by atoms with Crippen LogP contribution in [0, 0.1) is 0 Å². The van der Waals surface area contributed by atoms with Crippen LogP contribution >= 0.6 is 15.9 Å². The van der Waals surface area contributed by atoms with Crippen molar-refractivity contribution < 1.29 is 0 Å². The van der Waals surface area contributed by atoms with Gasteiger partial charge in [-0.3, -0.25) is 10.2 Å². The molecule has 0 unspecified atom stereocenters. The summed E-state index contributed by atoms with van der Waals surface area (Å²) < 4.78 is 0.370. The van der Waals surface area contributed by atoms with Crippen LogP contribution in [0.15, 0.2) is 56.5 Å². The lowest BCUT2D eigenvalue weighted by Crippen LogP contribution is -2.10. The molecule has 1 aromatic heterocycles. The van der Waals surface area contributed by atoms with Crippen LogP contribution in [0.25, 0.3) is 6.08 Å². The van der Waals surface area contributed by atoms with Gasteiger partial charge in [-0.25, -0.2) is 5.10 Å². The summed E-state index contributed by atoms with van der Waals surface area (Å²) in [7, 11) is 0. The van der Waals surface area contributed by atoms with E-state index in [9.17, 15) is 4.79 Å². The lowest BCUT2D eigenvalue weighted by atomic mass is 10.1. The Labute approximate surface area is 124 Å². The molecule has 5 nitrogen and oxygen atoms in total. The standard InChI is InChI=1S/C14H13BrN4O/c1-10(7-11-5-3-2-4-6-11)8-16-18-12-9-17-19-14(20)13(12)15/h2-9H,1H3,(H2,18,19,20)/b10-7+,16-8?. The van der Waals surface area contributed by atoms with Crippen molar-refractivity contribution in [1.82, 2.24) is 10.2 Å². The van der Waals surface area contributed by atoms with Gasteiger partial charge >= 0.3 is 0 Å². The van der Waals surface area contributed by atoms with Gasteiger partial charge in [-0.2, -0.15) is 10.2 Å². The Kier molecular flexibility index (Phi) is 4.84. The van der Waals surface area contributed by atoms with Gasteiger partial charge in [-0.05, 0) is 34.0 Å². The van der Waals surface area contributed by atoms with Crippen LogP contribution in [0.1, 0.15) is 12.5 Å². The van der Waals surface area contributed by atoms with Gasteiger partial charge in [0.15, 0.2) is 0 Å². The van der Waals surface area contributed by atoms with E-state index in [-0.39, 0.29) is 5.56 Å². The second kappa shape index (κ2) is 6.81. The number of nitrogens with zero attached hydrogens (tertiary/aromatic N) is 2. The summed E-state index contributed by atoms with van der Waals surface area (Å²) in [5, 5.41) is 10.1. The van der Waals surface area contributed by atoms with Gasteiger partial charge in [0.2, 0.25) is 0 Å². The summed E-state index contributed by atoms with van der Waals surface area (Å²) in [6, 6.07) is 9.96. The molecule has 2 rings (SSSR count). The van der Waals surface area contributed by atoms with E-state index < -0.39 is 0 Å². The predicted octanol–water partition coefficient (Wildman–Crippen LogP) is 3.03. The third-order valence-corrected chi connectivity index (χ3v) is 3.23. The summed E-state index contributed by atoms with van der Waals surface area (Å²) in [5.41, 5.74) is 5.07. The molecule has 1 heterocycles. The van der Waals surface area contributed by atoms with Crippen LogP contribution in [0.2, 0.25) is 0 Å². The Morgan fingerprint density at radius 2 is 2.15 bits per heavy atom. The molecule has 0 aliphatic heterocycles. The number of rotatable bonds is 4. The van der Waals surface area contributed by atoms with Crippen molar-refractivity contribution >= 4 is 33.9 Å². The van der Waals surface area contributed by atoms with Gasteiger partial charge in [0.25, 0.3) is 5.56 Å². The van der Waals surface area contributed by atoms with Crippen LogP contribution in [-0.4, -0.2) is 16.4 Å². The van der Waals surface area contributed by atoms with E-state index in [1.165, 1.54) is 6.20 Å². The normalized spacial score (nSPS) is 11.8. The van der Waals surface area contributed by atoms with Crippen molar-refractivity contribution in [2.45, 2.75) is 6.92 Å². The minimum atomic E-state index is -0.304. The molecular formula is C14H13BrN4O. The minimum Gasteiger partial charge on any atom is -0.276 e. The number of H-pyrrole nitrogens is 1. The SMILES string of the molecule is C/C(C=NNc1cn[nH]c(=O)c1Br)=C\c1ccccc1. The topological polar surface area (TPSA) is 70.1 Å². The third-order valence-electron chi connectivity index (χ3n) is 2.44. The summed E-state index contributed by atoms with van der Waals surface area (Å²) in [6.07, 6.45) is 5.18. The zero-order chi connectivity index (χ0) is 14.4. The van der Waals surface area contributed by atoms with Crippen molar-refractivity contribution in [1.29, 1.82) is 0 Å². The van der Waals surface area contributed by atoms with Crippen molar-refractivity contribution in [2.24, 2.45) is 5.10 Å². The first-order chi connectivity index (χ1) is 9.66. The maximum Gasteiger partial charge on any atom is 0.280 e. The molecule has 0 atom stereocenters. The van der Waals surface area contributed by atoms with Crippen LogP contribution in [-0.2, 0) is 0 Å². The number of hydrogen-bond acceptors (Lipinski definition) is 4. The number of anilines is 1. The molecule has 1 aromatic carbocycles. The highest BCUT2D eigenvalue weighted by Gasteiger charge is 2.01. The molecule has 20 heavy (non-hydrogen) atoms. The zero-order valence-electron chi connectivity index (χ0n) is 10.8. The Bertz CT molecular complexity index is 692. The first-order valence-electron chi connectivity index (χ1n) is 5.92. The van der Waals surface area contributed by atoms with Gasteiger partial charge in [0.05, 0.1) is 18.1 Å². The second-order valence-corrected chi connectivity index (χ2v) is 4.89. The van der Waals surface area contributed by atoms with Gasteiger partial charge in [-0.1, -0.05) is 36.4 Å². The number of hydrazone groups is 1. The molecule has 0 spiro atoms. The zero-order valence-corrected chi connectivity index (χ0v) is 12.4. The first-order valence-corrected chi connectivity index (χ1v) is 6.72. The number of benzene rings is 1. The van der Waals surface area contributed by atoms with Crippen molar-refractivity contribution in [3.8, 4) is 0 Å². The minimum absolute atomic E-state index is 0.304. The average Bonchev–Trinajstić information content (AvgIpc) is 2.44. The molecule has 0 bridgehead atoms. The van der Waals surface area contributed by atoms with E-state index in [4.69, 9.17) is 0 Å². The highest BCUT2D eigenvalue weighted by molar-refractivity contribution is 9.10. The smallest absolute Gasteiger partial charge is 0.276 e. The van der Waals surface area contributed by atoms with Crippen LogP contribution < -0.4 is 11.0 Å². The van der Waals surface area contributed by atoms with Gasteiger partial charge in [-0.15, -0.1) is 0 Å². The fourth-order valence-electron chi connectivity index (χ4n) is 1.51. The van der Waals surface area contributed by atoms with Crippen molar-refractivity contribution in [3.63, 3.8) is 0 Å². The quantitative estimate of drug-likeness (QED) is 0.667. The van der Waals surface area contributed by atoms with Crippen molar-refractivity contribution in [2.75, 3.05) is 5.43 Å². The molecule has 0 aliphatic rings. The fourth-order valence-corrected chi connectivity index (χ4v) is 1.79. The number of hydrogen-bond donors (Lipinski definition) is 2. The Balaban J connectivity index is 2.05. The Morgan fingerprint density at radius 1 is 1.40 bits per heavy atom. The van der Waals surface area contributed by atoms with Gasteiger partial charge in [0, 0.05) is 0 Å².